The van der Waals surface area contributed by atoms with Crippen molar-refractivity contribution in [2.24, 2.45) is 0 Å². The minimum Gasteiger partial charge on any atom is -0.379 e. The molecule has 0 saturated carbocycles. The number of carbonyl (C=O) groups is 1. The molecule has 3 rings (SSSR count). The summed E-state index contributed by atoms with van der Waals surface area (Å²) in [4.78, 5) is 36.8. The van der Waals surface area contributed by atoms with Crippen LogP contribution in [0, 0.1) is 0 Å². The first-order valence-electron chi connectivity index (χ1n) is 11.7. The Morgan fingerprint density at radius 3 is 2.36 bits per heavy atom. The summed E-state index contributed by atoms with van der Waals surface area (Å²) in [5.74, 6) is 0.585. The van der Waals surface area contributed by atoms with Crippen LogP contribution in [0.15, 0.2) is 23.4 Å². The van der Waals surface area contributed by atoms with Crippen molar-refractivity contribution in [1.82, 2.24) is 25.1 Å². The summed E-state index contributed by atoms with van der Waals surface area (Å²) in [7, 11) is 0. The van der Waals surface area contributed by atoms with E-state index in [1.807, 2.05) is 17.3 Å². The molecule has 36 heavy (non-hydrogen) atoms. The number of halogens is 3. The molecule has 10 nitrogen and oxygen atoms in total. The second kappa shape index (κ2) is 11.2. The smallest absolute Gasteiger partial charge is 0.379 e. The lowest BCUT2D eigenvalue weighted by Gasteiger charge is -2.35. The zero-order valence-corrected chi connectivity index (χ0v) is 20.9. The number of alkyl halides is 3. The van der Waals surface area contributed by atoms with Crippen molar-refractivity contribution in [3.05, 3.63) is 40.1 Å². The molecule has 0 bridgehead atoms. The highest BCUT2D eigenvalue weighted by Gasteiger charge is 2.37. The fraction of sp³-hybridized carbons (Fsp3) is 0.609. The van der Waals surface area contributed by atoms with Crippen molar-refractivity contribution < 1.29 is 22.7 Å². The van der Waals surface area contributed by atoms with Crippen LogP contribution in [-0.2, 0) is 21.1 Å². The molecule has 2 N–H and O–H groups in total. The number of aromatic nitrogens is 4. The molecule has 3 heterocycles. The van der Waals surface area contributed by atoms with Crippen molar-refractivity contribution in [3.8, 4) is 0 Å². The first-order valence-corrected chi connectivity index (χ1v) is 11.7. The number of aromatic amines is 1. The van der Waals surface area contributed by atoms with E-state index < -0.39 is 29.0 Å². The fourth-order valence-electron chi connectivity index (χ4n) is 3.70. The van der Waals surface area contributed by atoms with Crippen LogP contribution in [0.25, 0.3) is 0 Å². The van der Waals surface area contributed by atoms with Gasteiger partial charge < -0.3 is 19.9 Å². The summed E-state index contributed by atoms with van der Waals surface area (Å²) in [5.41, 5.74) is -2.05. The number of H-pyrrole nitrogens is 1. The van der Waals surface area contributed by atoms with Gasteiger partial charge in [0.2, 0.25) is 11.9 Å². The molecule has 0 radical (unpaired) electrons. The molecule has 1 saturated heterocycles. The zero-order chi connectivity index (χ0) is 26.5. The van der Waals surface area contributed by atoms with E-state index in [0.717, 1.165) is 11.8 Å². The van der Waals surface area contributed by atoms with Crippen LogP contribution in [-0.4, -0.2) is 76.4 Å². The molecular weight excluding hydrogens is 479 g/mol. The third kappa shape index (κ3) is 7.15. The number of piperazine rings is 1. The lowest BCUT2D eigenvalue weighted by atomic mass is 9.89. The summed E-state index contributed by atoms with van der Waals surface area (Å²) in [5, 5.41) is 7.81. The Morgan fingerprint density at radius 2 is 1.78 bits per heavy atom. The van der Waals surface area contributed by atoms with Crippen LogP contribution >= 0.6 is 0 Å². The number of anilines is 2. The Balaban J connectivity index is 1.40. The van der Waals surface area contributed by atoms with E-state index in [4.69, 9.17) is 4.74 Å². The Labute approximate surface area is 207 Å². The summed E-state index contributed by atoms with van der Waals surface area (Å²) in [6.45, 7) is 10.4. The van der Waals surface area contributed by atoms with Gasteiger partial charge in [0.1, 0.15) is 5.56 Å². The van der Waals surface area contributed by atoms with Crippen LogP contribution < -0.4 is 15.8 Å². The van der Waals surface area contributed by atoms with Gasteiger partial charge in [-0.15, -0.1) is 0 Å². The van der Waals surface area contributed by atoms with Crippen molar-refractivity contribution in [3.63, 3.8) is 0 Å². The third-order valence-electron chi connectivity index (χ3n) is 5.79. The first-order chi connectivity index (χ1) is 16.9. The van der Waals surface area contributed by atoms with Gasteiger partial charge in [-0.3, -0.25) is 9.59 Å². The van der Waals surface area contributed by atoms with Crippen LogP contribution in [0.5, 0.6) is 0 Å². The molecule has 1 aliphatic rings. The van der Waals surface area contributed by atoms with Crippen molar-refractivity contribution >= 4 is 17.5 Å². The highest BCUT2D eigenvalue weighted by Crippen LogP contribution is 2.31. The summed E-state index contributed by atoms with van der Waals surface area (Å²) in [6.07, 6.45) is -0.0811. The number of hydrogen-bond acceptors (Lipinski definition) is 8. The molecule has 2 aromatic rings. The second-order valence-electron chi connectivity index (χ2n) is 9.75. The van der Waals surface area contributed by atoms with Gasteiger partial charge >= 0.3 is 6.18 Å². The lowest BCUT2D eigenvalue weighted by molar-refractivity contribution is -0.138. The van der Waals surface area contributed by atoms with E-state index in [-0.39, 0.29) is 31.0 Å². The van der Waals surface area contributed by atoms with Crippen molar-refractivity contribution in [2.75, 3.05) is 49.6 Å². The average Bonchev–Trinajstić information content (AvgIpc) is 2.80. The molecule has 0 aromatic carbocycles. The normalized spacial score (nSPS) is 15.6. The monoisotopic (exact) mass is 511 g/mol. The maximum atomic E-state index is 13.1. The Bertz CT molecular complexity index is 1080. The molecule has 1 unspecified atom stereocenters. The van der Waals surface area contributed by atoms with Crippen LogP contribution in [0.2, 0.25) is 0 Å². The van der Waals surface area contributed by atoms with Gasteiger partial charge in [-0.05, 0) is 17.9 Å². The van der Waals surface area contributed by atoms with Gasteiger partial charge in [-0.25, -0.2) is 15.1 Å². The number of nitrogens with zero attached hydrogens (tertiary/aromatic N) is 5. The number of rotatable bonds is 8. The third-order valence-corrected chi connectivity index (χ3v) is 5.79. The molecule has 0 aliphatic carbocycles. The maximum absolute atomic E-state index is 13.1. The summed E-state index contributed by atoms with van der Waals surface area (Å²) in [6, 6.07) is -0.544. The van der Waals surface area contributed by atoms with E-state index >= 15 is 0 Å². The van der Waals surface area contributed by atoms with Crippen LogP contribution in [0.3, 0.4) is 0 Å². The van der Waals surface area contributed by atoms with Gasteiger partial charge in [-0.2, -0.15) is 18.3 Å². The molecule has 1 atom stereocenters. The van der Waals surface area contributed by atoms with Gasteiger partial charge in [-0.1, -0.05) is 20.8 Å². The first kappa shape index (κ1) is 27.4. The molecule has 1 fully saturated rings. The molecular formula is C23H32F3N7O3. The van der Waals surface area contributed by atoms with Crippen molar-refractivity contribution in [2.45, 2.75) is 51.7 Å². The quantitative estimate of drug-likeness (QED) is 0.519. The summed E-state index contributed by atoms with van der Waals surface area (Å²) < 4.78 is 44.9. The fourth-order valence-corrected chi connectivity index (χ4v) is 3.70. The number of carbonyl (C=O) groups excluding carboxylic acids is 1. The SMILES string of the molecule is CC(COCCC(=O)N1CCN(c2ncc(C(C)(C)C)cn2)CC1)Nc1cn[nH]c(=O)c1C(F)(F)F. The largest absolute Gasteiger partial charge is 0.423 e. The molecule has 2 aromatic heterocycles. The highest BCUT2D eigenvalue weighted by atomic mass is 19.4. The number of ether oxygens (including phenoxy) is 1. The Morgan fingerprint density at radius 1 is 1.14 bits per heavy atom. The minimum atomic E-state index is -4.82. The van der Waals surface area contributed by atoms with E-state index in [0.29, 0.717) is 32.1 Å². The number of nitrogens with one attached hydrogen (secondary N) is 2. The van der Waals surface area contributed by atoms with Gasteiger partial charge in [0.15, 0.2) is 0 Å². The van der Waals surface area contributed by atoms with E-state index in [9.17, 15) is 22.8 Å². The van der Waals surface area contributed by atoms with Crippen molar-refractivity contribution in [1.29, 1.82) is 0 Å². The minimum absolute atomic E-state index is 0.0243. The molecule has 0 spiro atoms. The van der Waals surface area contributed by atoms with Gasteiger partial charge in [0.25, 0.3) is 5.56 Å². The standard InChI is InChI=1S/C23H32F3N7O3/c1-15(30-17-13-29-31-20(35)19(17)23(24,25)26)14-36-10-5-18(34)32-6-8-33(9-7-32)21-27-11-16(12-28-21)22(2,3)4/h11-13,15H,5-10,14H2,1-4H3,(H2,30,31,35). The average molecular weight is 512 g/mol. The summed E-state index contributed by atoms with van der Waals surface area (Å²) >= 11 is 0. The number of hydrogen-bond donors (Lipinski definition) is 2. The second-order valence-corrected chi connectivity index (χ2v) is 9.75. The Kier molecular flexibility index (Phi) is 8.54. The van der Waals surface area contributed by atoms with Crippen LogP contribution in [0.1, 0.15) is 45.2 Å². The van der Waals surface area contributed by atoms with Gasteiger partial charge in [0, 0.05) is 44.6 Å². The molecule has 198 valence electrons. The van der Waals surface area contributed by atoms with Gasteiger partial charge in [0.05, 0.1) is 31.5 Å². The molecule has 13 heteroatoms. The topological polar surface area (TPSA) is 116 Å². The predicted molar refractivity (Wildman–Crippen MR) is 128 cm³/mol. The number of amides is 1. The maximum Gasteiger partial charge on any atom is 0.423 e. The highest BCUT2D eigenvalue weighted by molar-refractivity contribution is 5.76. The predicted octanol–water partition coefficient (Wildman–Crippen LogP) is 2.43. The van der Waals surface area contributed by atoms with Crippen LogP contribution in [0.4, 0.5) is 24.8 Å². The Hall–Kier alpha value is -3.22. The zero-order valence-electron chi connectivity index (χ0n) is 20.9. The van der Waals surface area contributed by atoms with E-state index in [1.165, 1.54) is 0 Å². The lowest BCUT2D eigenvalue weighted by Crippen LogP contribution is -2.49. The van der Waals surface area contributed by atoms with E-state index in [1.54, 1.807) is 16.9 Å². The molecule has 1 amide bonds. The van der Waals surface area contributed by atoms with E-state index in [2.05, 4.69) is 41.2 Å². The molecule has 1 aliphatic heterocycles.